The molecular weight excluding hydrogens is 342 g/mol. The monoisotopic (exact) mass is 363 g/mol. The maximum atomic E-state index is 13.0. The SMILES string of the molecule is COC(CNC(=O)C1(c2ccc(Cl)cc2)CCCC1)c1ccsc1. The molecule has 0 saturated heterocycles. The van der Waals surface area contributed by atoms with Gasteiger partial charge in [-0.15, -0.1) is 0 Å². The number of rotatable bonds is 6. The predicted molar refractivity (Wildman–Crippen MR) is 98.7 cm³/mol. The lowest BCUT2D eigenvalue weighted by Gasteiger charge is -2.29. The summed E-state index contributed by atoms with van der Waals surface area (Å²) in [5, 5.41) is 7.91. The number of carbonyl (C=O) groups excluding carboxylic acids is 1. The quantitative estimate of drug-likeness (QED) is 0.806. The molecule has 24 heavy (non-hydrogen) atoms. The van der Waals surface area contributed by atoms with Crippen molar-refractivity contribution in [2.45, 2.75) is 37.2 Å². The normalized spacial score (nSPS) is 17.6. The maximum absolute atomic E-state index is 13.0. The van der Waals surface area contributed by atoms with Gasteiger partial charge in [0.05, 0.1) is 5.41 Å². The zero-order valence-corrected chi connectivity index (χ0v) is 15.3. The first-order chi connectivity index (χ1) is 11.7. The number of nitrogens with one attached hydrogen (secondary N) is 1. The van der Waals surface area contributed by atoms with Crippen molar-refractivity contribution in [1.29, 1.82) is 0 Å². The van der Waals surface area contributed by atoms with Gasteiger partial charge in [0.15, 0.2) is 0 Å². The molecule has 2 aromatic rings. The number of thiophene rings is 1. The molecule has 1 aromatic carbocycles. The highest BCUT2D eigenvalue weighted by atomic mass is 35.5. The van der Waals surface area contributed by atoms with Crippen molar-refractivity contribution in [3.63, 3.8) is 0 Å². The maximum Gasteiger partial charge on any atom is 0.230 e. The lowest BCUT2D eigenvalue weighted by Crippen LogP contribution is -2.44. The minimum Gasteiger partial charge on any atom is -0.375 e. The fourth-order valence-corrected chi connectivity index (χ4v) is 4.37. The summed E-state index contributed by atoms with van der Waals surface area (Å²) in [5.41, 5.74) is 1.73. The summed E-state index contributed by atoms with van der Waals surface area (Å²) >= 11 is 7.64. The van der Waals surface area contributed by atoms with Gasteiger partial charge in [-0.05, 0) is 52.9 Å². The molecule has 1 heterocycles. The first-order valence-electron chi connectivity index (χ1n) is 8.25. The summed E-state index contributed by atoms with van der Waals surface area (Å²) in [7, 11) is 1.68. The van der Waals surface area contributed by atoms with E-state index in [1.807, 2.05) is 35.7 Å². The number of methoxy groups -OCH3 is 1. The molecular formula is C19H22ClNO2S. The summed E-state index contributed by atoms with van der Waals surface area (Å²) in [6.45, 7) is 0.488. The van der Waals surface area contributed by atoms with Crippen molar-refractivity contribution in [2.75, 3.05) is 13.7 Å². The molecule has 3 nitrogen and oxygen atoms in total. The standard InChI is InChI=1S/C19H22ClNO2S/c1-23-17(14-8-11-24-13-14)12-21-18(22)19(9-2-3-10-19)15-4-6-16(20)7-5-15/h4-8,11,13,17H,2-3,9-10,12H2,1H3,(H,21,22). The predicted octanol–water partition coefficient (Wildman–Crippen LogP) is 4.72. The van der Waals surface area contributed by atoms with E-state index in [1.165, 1.54) is 0 Å². The Hall–Kier alpha value is -1.36. The Morgan fingerprint density at radius 2 is 2.00 bits per heavy atom. The second-order valence-corrected chi connectivity index (χ2v) is 7.50. The molecule has 128 valence electrons. The van der Waals surface area contributed by atoms with E-state index in [1.54, 1.807) is 18.4 Å². The largest absolute Gasteiger partial charge is 0.375 e. The van der Waals surface area contributed by atoms with Crippen molar-refractivity contribution in [3.8, 4) is 0 Å². The third-order valence-corrected chi connectivity index (χ3v) is 5.89. The van der Waals surface area contributed by atoms with Gasteiger partial charge in [-0.1, -0.05) is 36.6 Å². The lowest BCUT2D eigenvalue weighted by molar-refractivity contribution is -0.127. The van der Waals surface area contributed by atoms with E-state index in [-0.39, 0.29) is 12.0 Å². The number of amides is 1. The number of carbonyl (C=O) groups is 1. The van der Waals surface area contributed by atoms with Crippen molar-refractivity contribution >= 4 is 28.8 Å². The summed E-state index contributed by atoms with van der Waals surface area (Å²) in [6.07, 6.45) is 3.82. The molecule has 1 amide bonds. The minimum atomic E-state index is -0.433. The molecule has 1 fully saturated rings. The van der Waals surface area contributed by atoms with Crippen LogP contribution in [0.3, 0.4) is 0 Å². The Morgan fingerprint density at radius 3 is 2.58 bits per heavy atom. The Kier molecular flexibility index (Phi) is 5.59. The molecule has 1 unspecified atom stereocenters. The molecule has 1 aliphatic carbocycles. The highest BCUT2D eigenvalue weighted by Gasteiger charge is 2.42. The Morgan fingerprint density at radius 1 is 1.29 bits per heavy atom. The minimum absolute atomic E-state index is 0.0969. The van der Waals surface area contributed by atoms with Gasteiger partial charge in [0, 0.05) is 18.7 Å². The Balaban J connectivity index is 1.74. The van der Waals surface area contributed by atoms with Gasteiger partial charge >= 0.3 is 0 Å². The van der Waals surface area contributed by atoms with Crippen LogP contribution in [-0.4, -0.2) is 19.6 Å². The lowest BCUT2D eigenvalue weighted by atomic mass is 9.78. The van der Waals surface area contributed by atoms with Crippen LogP contribution in [0.15, 0.2) is 41.1 Å². The van der Waals surface area contributed by atoms with Gasteiger partial charge in [-0.25, -0.2) is 0 Å². The summed E-state index contributed by atoms with van der Waals surface area (Å²) in [6, 6.07) is 9.75. The van der Waals surface area contributed by atoms with E-state index in [4.69, 9.17) is 16.3 Å². The van der Waals surface area contributed by atoms with Gasteiger partial charge < -0.3 is 10.1 Å². The first kappa shape index (κ1) is 17.5. The van der Waals surface area contributed by atoms with Gasteiger partial charge in [-0.3, -0.25) is 4.79 Å². The molecule has 1 N–H and O–H groups in total. The Bertz CT molecular complexity index is 663. The summed E-state index contributed by atoms with van der Waals surface area (Å²) < 4.78 is 5.54. The number of halogens is 1. The van der Waals surface area contributed by atoms with Gasteiger partial charge in [-0.2, -0.15) is 11.3 Å². The van der Waals surface area contributed by atoms with Crippen LogP contribution in [0, 0.1) is 0 Å². The van der Waals surface area contributed by atoms with Crippen LogP contribution in [0.5, 0.6) is 0 Å². The Labute approximate surface area is 152 Å². The van der Waals surface area contributed by atoms with Gasteiger partial charge in [0.2, 0.25) is 5.91 Å². The molecule has 3 rings (SSSR count). The number of benzene rings is 1. The van der Waals surface area contributed by atoms with E-state index in [0.717, 1.165) is 36.8 Å². The zero-order chi connectivity index (χ0) is 17.0. The third kappa shape index (κ3) is 3.51. The zero-order valence-electron chi connectivity index (χ0n) is 13.8. The number of hydrogen-bond donors (Lipinski definition) is 1. The first-order valence-corrected chi connectivity index (χ1v) is 9.57. The molecule has 1 aromatic heterocycles. The van der Waals surface area contributed by atoms with Crippen LogP contribution >= 0.6 is 22.9 Å². The molecule has 0 aliphatic heterocycles. The van der Waals surface area contributed by atoms with Crippen LogP contribution in [0.4, 0.5) is 0 Å². The average molecular weight is 364 g/mol. The van der Waals surface area contributed by atoms with Crippen molar-refractivity contribution < 1.29 is 9.53 Å². The van der Waals surface area contributed by atoms with Crippen LogP contribution < -0.4 is 5.32 Å². The highest BCUT2D eigenvalue weighted by molar-refractivity contribution is 7.07. The van der Waals surface area contributed by atoms with Crippen LogP contribution in [0.1, 0.15) is 42.9 Å². The molecule has 0 radical (unpaired) electrons. The number of ether oxygens (including phenoxy) is 1. The second-order valence-electron chi connectivity index (χ2n) is 6.29. The van der Waals surface area contributed by atoms with Crippen molar-refractivity contribution in [3.05, 3.63) is 57.2 Å². The van der Waals surface area contributed by atoms with E-state index in [9.17, 15) is 4.79 Å². The molecule has 1 atom stereocenters. The average Bonchev–Trinajstić information content (AvgIpc) is 3.28. The molecule has 0 bridgehead atoms. The fourth-order valence-electron chi connectivity index (χ4n) is 3.54. The summed E-state index contributed by atoms with van der Waals surface area (Å²) in [4.78, 5) is 13.0. The van der Waals surface area contributed by atoms with Crippen LogP contribution in [0.25, 0.3) is 0 Å². The van der Waals surface area contributed by atoms with Crippen LogP contribution in [-0.2, 0) is 14.9 Å². The number of hydrogen-bond acceptors (Lipinski definition) is 3. The molecule has 1 aliphatic rings. The topological polar surface area (TPSA) is 38.3 Å². The van der Waals surface area contributed by atoms with Gasteiger partial charge in [0.25, 0.3) is 0 Å². The second kappa shape index (κ2) is 7.68. The smallest absolute Gasteiger partial charge is 0.230 e. The van der Waals surface area contributed by atoms with Crippen molar-refractivity contribution in [2.24, 2.45) is 0 Å². The van der Waals surface area contributed by atoms with Crippen molar-refractivity contribution in [1.82, 2.24) is 5.32 Å². The van der Waals surface area contributed by atoms with E-state index >= 15 is 0 Å². The highest BCUT2D eigenvalue weighted by Crippen LogP contribution is 2.41. The van der Waals surface area contributed by atoms with Gasteiger partial charge in [0.1, 0.15) is 6.10 Å². The van der Waals surface area contributed by atoms with E-state index in [0.29, 0.717) is 11.6 Å². The molecule has 0 spiro atoms. The van der Waals surface area contributed by atoms with E-state index in [2.05, 4.69) is 10.7 Å². The van der Waals surface area contributed by atoms with E-state index < -0.39 is 5.41 Å². The van der Waals surface area contributed by atoms with Crippen LogP contribution in [0.2, 0.25) is 5.02 Å². The molecule has 1 saturated carbocycles. The fraction of sp³-hybridized carbons (Fsp3) is 0.421. The summed E-state index contributed by atoms with van der Waals surface area (Å²) in [5.74, 6) is 0.0969. The third-order valence-electron chi connectivity index (χ3n) is 4.94. The molecule has 5 heteroatoms.